The zero-order valence-corrected chi connectivity index (χ0v) is 19.9. The number of rotatable bonds is 10. The van der Waals surface area contributed by atoms with E-state index in [9.17, 15) is 9.59 Å². The number of carbonyl (C=O) groups is 2. The molecule has 2 aromatic carbocycles. The van der Waals surface area contributed by atoms with E-state index in [1.165, 1.54) is 5.56 Å². The molecule has 2 amide bonds. The Morgan fingerprint density at radius 2 is 1.77 bits per heavy atom. The molecule has 2 N–H and O–H groups in total. The van der Waals surface area contributed by atoms with E-state index in [1.807, 2.05) is 43.3 Å². The van der Waals surface area contributed by atoms with Gasteiger partial charge in [-0.2, -0.15) is 16.9 Å². The van der Waals surface area contributed by atoms with Crippen LogP contribution >= 0.6 is 27.7 Å². The second kappa shape index (κ2) is 12.5. The van der Waals surface area contributed by atoms with Crippen LogP contribution in [-0.2, 0) is 10.5 Å². The molecule has 0 fully saturated rings. The molecule has 2 rings (SSSR count). The van der Waals surface area contributed by atoms with E-state index in [1.54, 1.807) is 30.0 Å². The number of nitrogens with zero attached hydrogens (tertiary/aromatic N) is 1. The van der Waals surface area contributed by atoms with Crippen LogP contribution in [0.15, 0.2) is 64.2 Å². The van der Waals surface area contributed by atoms with Gasteiger partial charge in [0.15, 0.2) is 0 Å². The molecule has 2 aromatic rings. The number of amides is 2. The highest BCUT2D eigenvalue weighted by molar-refractivity contribution is 9.10. The summed E-state index contributed by atoms with van der Waals surface area (Å²) < 4.78 is 0.684. The Labute approximate surface area is 191 Å². The Bertz CT molecular complexity index is 874. The van der Waals surface area contributed by atoms with E-state index in [-0.39, 0.29) is 17.7 Å². The highest BCUT2D eigenvalue weighted by Gasteiger charge is 2.22. The molecule has 0 aliphatic heterocycles. The fourth-order valence-electron chi connectivity index (χ4n) is 2.56. The third kappa shape index (κ3) is 7.61. The van der Waals surface area contributed by atoms with Crippen LogP contribution in [0.2, 0.25) is 0 Å². The third-order valence-electron chi connectivity index (χ3n) is 4.80. The first-order chi connectivity index (χ1) is 14.4. The van der Waals surface area contributed by atoms with Crippen molar-refractivity contribution in [2.45, 2.75) is 39.0 Å². The lowest BCUT2D eigenvalue weighted by Gasteiger charge is -2.18. The first-order valence-electron chi connectivity index (χ1n) is 9.93. The summed E-state index contributed by atoms with van der Waals surface area (Å²) in [6, 6.07) is 16.5. The molecule has 7 heteroatoms. The van der Waals surface area contributed by atoms with Gasteiger partial charge in [0.2, 0.25) is 0 Å². The molecular formula is C23H28BrN3O2S. The monoisotopic (exact) mass is 489 g/mol. The summed E-state index contributed by atoms with van der Waals surface area (Å²) in [6.07, 6.45) is 0.945. The SMILES string of the molecule is CCC(C)/C(C)=N/NC(=O)C(CSCc1ccccc1)NC(=O)c1ccccc1Br. The van der Waals surface area contributed by atoms with Crippen molar-refractivity contribution in [1.82, 2.24) is 10.7 Å². The van der Waals surface area contributed by atoms with Gasteiger partial charge in [0.25, 0.3) is 11.8 Å². The number of nitrogens with one attached hydrogen (secondary N) is 2. The minimum absolute atomic E-state index is 0.283. The number of halogens is 1. The molecular weight excluding hydrogens is 462 g/mol. The molecule has 0 saturated heterocycles. The van der Waals surface area contributed by atoms with E-state index in [0.29, 0.717) is 15.8 Å². The molecule has 2 unspecified atom stereocenters. The molecule has 30 heavy (non-hydrogen) atoms. The van der Waals surface area contributed by atoms with E-state index in [4.69, 9.17) is 0 Å². The van der Waals surface area contributed by atoms with Crippen molar-refractivity contribution in [3.63, 3.8) is 0 Å². The fourth-order valence-corrected chi connectivity index (χ4v) is 4.04. The Morgan fingerprint density at radius 1 is 1.10 bits per heavy atom. The number of hydrogen-bond donors (Lipinski definition) is 2. The first kappa shape index (κ1) is 24.2. The summed E-state index contributed by atoms with van der Waals surface area (Å²) in [5, 5.41) is 7.08. The summed E-state index contributed by atoms with van der Waals surface area (Å²) in [4.78, 5) is 25.5. The summed E-state index contributed by atoms with van der Waals surface area (Å²) in [7, 11) is 0. The molecule has 0 heterocycles. The maximum absolute atomic E-state index is 12.8. The Kier molecular flexibility index (Phi) is 10.1. The zero-order chi connectivity index (χ0) is 21.9. The lowest BCUT2D eigenvalue weighted by molar-refractivity contribution is -0.122. The largest absolute Gasteiger partial charge is 0.339 e. The highest BCUT2D eigenvalue weighted by Crippen LogP contribution is 2.17. The second-order valence-electron chi connectivity index (χ2n) is 7.05. The van der Waals surface area contributed by atoms with E-state index >= 15 is 0 Å². The van der Waals surface area contributed by atoms with Gasteiger partial charge in [-0.25, -0.2) is 5.43 Å². The van der Waals surface area contributed by atoms with Gasteiger partial charge in [0.1, 0.15) is 6.04 Å². The van der Waals surface area contributed by atoms with Gasteiger partial charge < -0.3 is 5.32 Å². The van der Waals surface area contributed by atoms with Crippen LogP contribution in [0.3, 0.4) is 0 Å². The standard InChI is InChI=1S/C23H28BrN3O2S/c1-4-16(2)17(3)26-27-23(29)21(15-30-14-18-10-6-5-7-11-18)25-22(28)19-12-8-9-13-20(19)24/h5-13,16,21H,4,14-15H2,1-3H3,(H,25,28)(H,27,29)/b26-17+. The number of thioether (sulfide) groups is 1. The lowest BCUT2D eigenvalue weighted by Crippen LogP contribution is -2.47. The van der Waals surface area contributed by atoms with Crippen LogP contribution < -0.4 is 10.7 Å². The highest BCUT2D eigenvalue weighted by atomic mass is 79.9. The molecule has 0 bridgehead atoms. The van der Waals surface area contributed by atoms with Crippen molar-refractivity contribution in [1.29, 1.82) is 0 Å². The predicted octanol–water partition coefficient (Wildman–Crippen LogP) is 5.02. The van der Waals surface area contributed by atoms with E-state index in [0.717, 1.165) is 17.9 Å². The molecule has 0 aliphatic rings. The van der Waals surface area contributed by atoms with Gasteiger partial charge in [0.05, 0.1) is 5.56 Å². The quantitative estimate of drug-likeness (QED) is 0.363. The van der Waals surface area contributed by atoms with Gasteiger partial charge in [-0.3, -0.25) is 9.59 Å². The van der Waals surface area contributed by atoms with Crippen LogP contribution in [0.25, 0.3) is 0 Å². The minimum Gasteiger partial charge on any atom is -0.339 e. The third-order valence-corrected chi connectivity index (χ3v) is 6.60. The molecule has 0 saturated carbocycles. The van der Waals surface area contributed by atoms with Gasteiger partial charge in [-0.15, -0.1) is 0 Å². The molecule has 0 radical (unpaired) electrons. The van der Waals surface area contributed by atoms with E-state index < -0.39 is 6.04 Å². The maximum Gasteiger partial charge on any atom is 0.263 e. The molecule has 0 aliphatic carbocycles. The normalized spacial score (nSPS) is 13.4. The van der Waals surface area contributed by atoms with Crippen molar-refractivity contribution in [2.24, 2.45) is 11.0 Å². The average Bonchev–Trinajstić information content (AvgIpc) is 2.76. The second-order valence-corrected chi connectivity index (χ2v) is 8.93. The van der Waals surface area contributed by atoms with Crippen LogP contribution in [-0.4, -0.2) is 29.3 Å². The number of benzene rings is 2. The van der Waals surface area contributed by atoms with Crippen LogP contribution in [0.4, 0.5) is 0 Å². The van der Waals surface area contributed by atoms with Crippen LogP contribution in [0.5, 0.6) is 0 Å². The van der Waals surface area contributed by atoms with Crippen molar-refractivity contribution in [3.05, 3.63) is 70.2 Å². The molecule has 2 atom stereocenters. The molecule has 160 valence electrons. The van der Waals surface area contributed by atoms with Crippen molar-refractivity contribution in [3.8, 4) is 0 Å². The topological polar surface area (TPSA) is 70.6 Å². The summed E-state index contributed by atoms with van der Waals surface area (Å²) in [6.45, 7) is 6.03. The van der Waals surface area contributed by atoms with Crippen LogP contribution in [0, 0.1) is 5.92 Å². The Morgan fingerprint density at radius 3 is 2.43 bits per heavy atom. The number of hydrazone groups is 1. The summed E-state index contributed by atoms with van der Waals surface area (Å²) in [5.41, 5.74) is 5.15. The summed E-state index contributed by atoms with van der Waals surface area (Å²) >= 11 is 4.99. The van der Waals surface area contributed by atoms with E-state index in [2.05, 4.69) is 45.6 Å². The Hall–Kier alpha value is -2.12. The fraction of sp³-hybridized carbons (Fsp3) is 0.348. The molecule has 5 nitrogen and oxygen atoms in total. The van der Waals surface area contributed by atoms with Gasteiger partial charge in [0, 0.05) is 21.7 Å². The lowest BCUT2D eigenvalue weighted by atomic mass is 10.1. The smallest absolute Gasteiger partial charge is 0.263 e. The Balaban J connectivity index is 2.07. The zero-order valence-electron chi connectivity index (χ0n) is 17.5. The van der Waals surface area contributed by atoms with Crippen molar-refractivity contribution >= 4 is 45.2 Å². The van der Waals surface area contributed by atoms with Gasteiger partial charge in [-0.05, 0) is 52.9 Å². The van der Waals surface area contributed by atoms with Crippen molar-refractivity contribution < 1.29 is 9.59 Å². The number of hydrogen-bond acceptors (Lipinski definition) is 4. The molecule has 0 aromatic heterocycles. The van der Waals surface area contributed by atoms with Gasteiger partial charge in [-0.1, -0.05) is 56.3 Å². The summed E-state index contributed by atoms with van der Waals surface area (Å²) in [5.74, 6) is 0.856. The predicted molar refractivity (Wildman–Crippen MR) is 129 cm³/mol. The van der Waals surface area contributed by atoms with Crippen molar-refractivity contribution in [2.75, 3.05) is 5.75 Å². The number of carbonyl (C=O) groups excluding carboxylic acids is 2. The molecule has 0 spiro atoms. The minimum atomic E-state index is -0.702. The van der Waals surface area contributed by atoms with Gasteiger partial charge >= 0.3 is 0 Å². The maximum atomic E-state index is 12.8. The average molecular weight is 490 g/mol. The first-order valence-corrected chi connectivity index (χ1v) is 11.9. The van der Waals surface area contributed by atoms with Crippen LogP contribution in [0.1, 0.15) is 43.1 Å².